The van der Waals surface area contributed by atoms with Crippen LogP contribution in [0.2, 0.25) is 0 Å². The van der Waals surface area contributed by atoms with Gasteiger partial charge in [0.1, 0.15) is 30.5 Å². The van der Waals surface area contributed by atoms with E-state index in [-0.39, 0.29) is 12.6 Å². The van der Waals surface area contributed by atoms with Crippen LogP contribution in [0.15, 0.2) is 121 Å². The van der Waals surface area contributed by atoms with Gasteiger partial charge in [-0.3, -0.25) is 0 Å². The Bertz CT molecular complexity index is 1500. The van der Waals surface area contributed by atoms with Crippen molar-refractivity contribution in [3.05, 3.63) is 144 Å². The molecule has 0 aromatic heterocycles. The molecule has 4 aromatic carbocycles. The molecule has 1 heterocycles. The van der Waals surface area contributed by atoms with E-state index in [1.54, 1.807) is 0 Å². The fraction of sp³-hybridized carbons (Fsp3) is 0.400. The van der Waals surface area contributed by atoms with Crippen molar-refractivity contribution >= 4 is 11.0 Å². The minimum Gasteiger partial charge on any atom is -0.374 e. The third-order valence-electron chi connectivity index (χ3n) is 8.26. The number of benzene rings is 4. The van der Waals surface area contributed by atoms with E-state index in [0.29, 0.717) is 26.4 Å². The van der Waals surface area contributed by atoms with Crippen molar-refractivity contribution < 1.29 is 27.9 Å². The van der Waals surface area contributed by atoms with Crippen LogP contribution in [0.5, 0.6) is 0 Å². The van der Waals surface area contributed by atoms with Crippen LogP contribution >= 0.6 is 0 Å². The van der Waals surface area contributed by atoms with Crippen molar-refractivity contribution in [1.29, 1.82) is 0 Å². The smallest absolute Gasteiger partial charge is 0.115 e. The van der Waals surface area contributed by atoms with E-state index in [9.17, 15) is 4.21 Å². The van der Waals surface area contributed by atoms with Gasteiger partial charge in [-0.25, -0.2) is 8.93 Å². The molecule has 0 unspecified atom stereocenters. The molecule has 8 heteroatoms. The summed E-state index contributed by atoms with van der Waals surface area (Å²) >= 11 is 0. The zero-order valence-electron chi connectivity index (χ0n) is 28.4. The van der Waals surface area contributed by atoms with E-state index in [2.05, 4.69) is 4.72 Å². The Hall–Kier alpha value is -3.21. The highest BCUT2D eigenvalue weighted by Crippen LogP contribution is 2.33. The van der Waals surface area contributed by atoms with Crippen LogP contribution in [-0.4, -0.2) is 52.1 Å². The van der Waals surface area contributed by atoms with Gasteiger partial charge in [0, 0.05) is 6.04 Å². The van der Waals surface area contributed by atoms with Gasteiger partial charge in [0.2, 0.25) is 0 Å². The molecule has 48 heavy (non-hydrogen) atoms. The summed E-state index contributed by atoms with van der Waals surface area (Å²) in [4.78, 5) is 0. The van der Waals surface area contributed by atoms with Gasteiger partial charge in [0.25, 0.3) is 0 Å². The molecule has 0 amide bonds. The molecule has 1 aliphatic heterocycles. The average molecular weight is 672 g/mol. The number of hydrogen-bond donors (Lipinski definition) is 1. The van der Waals surface area contributed by atoms with Crippen molar-refractivity contribution in [2.24, 2.45) is 0 Å². The summed E-state index contributed by atoms with van der Waals surface area (Å²) < 4.78 is 49.8. The zero-order valence-corrected chi connectivity index (χ0v) is 29.2. The largest absolute Gasteiger partial charge is 0.374 e. The SMILES string of the molecule is C[C@@H](N[S@](=O)C(C)(C)C)[C@@H]1O[C@H](COCc2ccccc2)[C@@H](OCc2ccccc2)[C@H](OCc2ccccc2)[C@H]1OCc1ccccc1. The van der Waals surface area contributed by atoms with Crippen LogP contribution < -0.4 is 4.72 Å². The van der Waals surface area contributed by atoms with Gasteiger partial charge < -0.3 is 23.7 Å². The lowest BCUT2D eigenvalue weighted by Crippen LogP contribution is -2.65. The van der Waals surface area contributed by atoms with Gasteiger partial charge in [0.05, 0.1) is 48.8 Å². The molecule has 256 valence electrons. The summed E-state index contributed by atoms with van der Waals surface area (Å²) in [5.74, 6) is 0. The van der Waals surface area contributed by atoms with Crippen molar-refractivity contribution in [2.45, 2.75) is 95.4 Å². The molecule has 0 radical (unpaired) electrons. The Morgan fingerprint density at radius 2 is 1.02 bits per heavy atom. The molecule has 0 spiro atoms. The summed E-state index contributed by atoms with van der Waals surface area (Å²) in [6, 6.07) is 40.0. The van der Waals surface area contributed by atoms with Gasteiger partial charge in [-0.05, 0) is 49.9 Å². The maximum atomic E-state index is 13.4. The molecule has 1 N–H and O–H groups in total. The van der Waals surface area contributed by atoms with E-state index in [1.807, 2.05) is 149 Å². The quantitative estimate of drug-likeness (QED) is 0.136. The van der Waals surface area contributed by atoms with E-state index in [0.717, 1.165) is 22.3 Å². The molecule has 7 atom stereocenters. The molecular weight excluding hydrogens is 623 g/mol. The molecule has 5 rings (SSSR count). The normalized spacial score (nSPS) is 22.6. The monoisotopic (exact) mass is 671 g/mol. The van der Waals surface area contributed by atoms with Crippen molar-refractivity contribution in [3.8, 4) is 0 Å². The first-order valence-corrected chi connectivity index (χ1v) is 17.8. The lowest BCUT2D eigenvalue weighted by Gasteiger charge is -2.48. The molecule has 7 nitrogen and oxygen atoms in total. The number of hydrogen-bond acceptors (Lipinski definition) is 6. The molecule has 1 fully saturated rings. The molecule has 1 aliphatic rings. The Kier molecular flexibility index (Phi) is 13.5. The predicted molar refractivity (Wildman–Crippen MR) is 190 cm³/mol. The topological polar surface area (TPSA) is 75.3 Å². The van der Waals surface area contributed by atoms with Gasteiger partial charge in [-0.15, -0.1) is 0 Å². The number of nitrogens with one attached hydrogen (secondary N) is 1. The standard InChI is InChI=1S/C40H49NO6S/c1-30(41-48(42)40(2,3)4)36-38(45-27-33-21-13-7-14-22-33)39(46-28-34-23-15-8-16-24-34)37(44-26-32-19-11-6-12-20-32)35(47-36)29-43-25-31-17-9-5-10-18-31/h5-24,30,35-39,41H,25-29H2,1-4H3/t30-,35-,36+,37-,38+,39+,48-/m1/s1. The van der Waals surface area contributed by atoms with Crippen molar-refractivity contribution in [2.75, 3.05) is 6.61 Å². The van der Waals surface area contributed by atoms with Crippen LogP contribution in [-0.2, 0) is 61.1 Å². The number of ether oxygens (including phenoxy) is 5. The second-order valence-corrected chi connectivity index (χ2v) is 15.2. The lowest BCUT2D eigenvalue weighted by atomic mass is 9.91. The maximum absolute atomic E-state index is 13.4. The maximum Gasteiger partial charge on any atom is 0.115 e. The van der Waals surface area contributed by atoms with Gasteiger partial charge in [-0.1, -0.05) is 121 Å². The fourth-order valence-electron chi connectivity index (χ4n) is 5.64. The van der Waals surface area contributed by atoms with Gasteiger partial charge >= 0.3 is 0 Å². The fourth-order valence-corrected chi connectivity index (χ4v) is 6.47. The van der Waals surface area contributed by atoms with Crippen LogP contribution in [0.3, 0.4) is 0 Å². The molecule has 4 aromatic rings. The zero-order chi connectivity index (χ0) is 33.8. The average Bonchev–Trinajstić information content (AvgIpc) is 3.10. The van der Waals surface area contributed by atoms with Crippen LogP contribution in [0.25, 0.3) is 0 Å². The van der Waals surface area contributed by atoms with E-state index in [4.69, 9.17) is 23.7 Å². The highest BCUT2D eigenvalue weighted by Gasteiger charge is 2.50. The highest BCUT2D eigenvalue weighted by molar-refractivity contribution is 7.84. The van der Waals surface area contributed by atoms with Crippen molar-refractivity contribution in [1.82, 2.24) is 4.72 Å². The van der Waals surface area contributed by atoms with Crippen LogP contribution in [0.1, 0.15) is 49.9 Å². The van der Waals surface area contributed by atoms with E-state index < -0.39 is 46.3 Å². The predicted octanol–water partition coefficient (Wildman–Crippen LogP) is 7.17. The Morgan fingerprint density at radius 3 is 1.46 bits per heavy atom. The number of rotatable bonds is 16. The summed E-state index contributed by atoms with van der Waals surface area (Å²) in [5.41, 5.74) is 4.19. The lowest BCUT2D eigenvalue weighted by molar-refractivity contribution is -0.275. The minimum absolute atomic E-state index is 0.274. The first kappa shape index (κ1) is 36.1. The molecule has 0 saturated carbocycles. The third kappa shape index (κ3) is 10.6. The highest BCUT2D eigenvalue weighted by atomic mass is 32.2. The van der Waals surface area contributed by atoms with Gasteiger partial charge in [-0.2, -0.15) is 0 Å². The third-order valence-corrected chi connectivity index (χ3v) is 9.96. The van der Waals surface area contributed by atoms with Gasteiger partial charge in [0.15, 0.2) is 0 Å². The second kappa shape index (κ2) is 18.0. The summed E-state index contributed by atoms with van der Waals surface area (Å²) in [5, 5.41) is 0. The Balaban J connectivity index is 1.48. The molecule has 0 aliphatic carbocycles. The summed E-state index contributed by atoms with van der Waals surface area (Å²) in [7, 11) is -1.34. The van der Waals surface area contributed by atoms with Crippen LogP contribution in [0.4, 0.5) is 0 Å². The molecule has 0 bridgehead atoms. The first-order valence-electron chi connectivity index (χ1n) is 16.7. The summed E-state index contributed by atoms with van der Waals surface area (Å²) in [6.07, 6.45) is -2.63. The minimum atomic E-state index is -1.34. The molecule has 1 saturated heterocycles. The Morgan fingerprint density at radius 1 is 0.625 bits per heavy atom. The van der Waals surface area contributed by atoms with Crippen molar-refractivity contribution in [3.63, 3.8) is 0 Å². The second-order valence-electron chi connectivity index (χ2n) is 13.2. The van der Waals surface area contributed by atoms with E-state index in [1.165, 1.54) is 0 Å². The van der Waals surface area contributed by atoms with Crippen LogP contribution in [0, 0.1) is 0 Å². The summed E-state index contributed by atoms with van der Waals surface area (Å²) in [6.45, 7) is 9.64. The Labute approximate surface area is 288 Å². The van der Waals surface area contributed by atoms with E-state index >= 15 is 0 Å². The first-order chi connectivity index (χ1) is 23.3. The molecular formula is C40H49NO6S.